The van der Waals surface area contributed by atoms with E-state index in [1.54, 1.807) is 0 Å². The van der Waals surface area contributed by atoms with Crippen LogP contribution in [0.2, 0.25) is 0 Å². The molecular formula is C15H25N3O2. The molecule has 0 bridgehead atoms. The first-order valence-electron chi connectivity index (χ1n) is 6.84. The van der Waals surface area contributed by atoms with Crippen LogP contribution in [0.5, 0.6) is 5.75 Å². The van der Waals surface area contributed by atoms with Crippen LogP contribution in [0, 0.1) is 5.92 Å². The fourth-order valence-electron chi connectivity index (χ4n) is 1.51. The number of amides is 1. The first-order valence-corrected chi connectivity index (χ1v) is 6.84. The lowest BCUT2D eigenvalue weighted by Crippen LogP contribution is -2.39. The molecule has 0 heterocycles. The molecule has 0 unspecified atom stereocenters. The van der Waals surface area contributed by atoms with Gasteiger partial charge in [0.25, 0.3) is 0 Å². The van der Waals surface area contributed by atoms with Crippen LogP contribution in [0.4, 0.5) is 5.69 Å². The molecule has 3 N–H and O–H groups in total. The Balaban J connectivity index is 2.48. The third-order valence-electron chi connectivity index (χ3n) is 2.95. The quantitative estimate of drug-likeness (QED) is 0.794. The molecule has 0 saturated heterocycles. The molecule has 0 fully saturated rings. The van der Waals surface area contributed by atoms with Gasteiger partial charge in [-0.05, 0) is 44.3 Å². The molecule has 0 spiro atoms. The van der Waals surface area contributed by atoms with Crippen LogP contribution in [0.1, 0.15) is 13.8 Å². The normalized spacial score (nSPS) is 12.6. The van der Waals surface area contributed by atoms with Gasteiger partial charge in [-0.25, -0.2) is 0 Å². The third kappa shape index (κ3) is 5.59. The van der Waals surface area contributed by atoms with Crippen molar-refractivity contribution in [2.75, 3.05) is 32.6 Å². The topological polar surface area (TPSA) is 67.6 Å². The number of hydrogen-bond donors (Lipinski definition) is 2. The van der Waals surface area contributed by atoms with Gasteiger partial charge in [-0.15, -0.1) is 0 Å². The summed E-state index contributed by atoms with van der Waals surface area (Å²) in [6.45, 7) is 5.34. The summed E-state index contributed by atoms with van der Waals surface area (Å²) in [4.78, 5) is 13.9. The van der Waals surface area contributed by atoms with E-state index in [9.17, 15) is 4.79 Å². The van der Waals surface area contributed by atoms with E-state index in [-0.39, 0.29) is 11.8 Å². The highest BCUT2D eigenvalue weighted by Gasteiger charge is 2.16. The van der Waals surface area contributed by atoms with Gasteiger partial charge < -0.3 is 20.7 Å². The molecule has 20 heavy (non-hydrogen) atoms. The number of nitrogens with one attached hydrogen (secondary N) is 1. The Labute approximate surface area is 121 Å². The zero-order valence-electron chi connectivity index (χ0n) is 12.7. The summed E-state index contributed by atoms with van der Waals surface area (Å²) in [7, 11) is 4.00. The molecule has 1 atom stereocenters. The number of ether oxygens (including phenoxy) is 1. The minimum atomic E-state index is -0.494. The van der Waals surface area contributed by atoms with Gasteiger partial charge in [0.15, 0.2) is 0 Å². The molecule has 0 aliphatic rings. The van der Waals surface area contributed by atoms with E-state index in [0.29, 0.717) is 6.61 Å². The Bertz CT molecular complexity index is 416. The standard InChI is InChI=1S/C15H25N3O2/c1-11(2)14(16)15(19)17-12-5-7-13(8-6-12)20-10-9-18(3)4/h5-8,11,14H,9-10,16H2,1-4H3,(H,17,19)/t14-/m1/s1. The number of hydrogen-bond acceptors (Lipinski definition) is 4. The molecule has 5 nitrogen and oxygen atoms in total. The minimum absolute atomic E-state index is 0.114. The molecule has 1 aromatic carbocycles. The van der Waals surface area contributed by atoms with E-state index >= 15 is 0 Å². The van der Waals surface area contributed by atoms with Gasteiger partial charge in [0.1, 0.15) is 12.4 Å². The van der Waals surface area contributed by atoms with Crippen LogP contribution in [0.15, 0.2) is 24.3 Å². The summed E-state index contributed by atoms with van der Waals surface area (Å²) >= 11 is 0. The summed E-state index contributed by atoms with van der Waals surface area (Å²) in [6.07, 6.45) is 0. The van der Waals surface area contributed by atoms with E-state index in [1.165, 1.54) is 0 Å². The predicted octanol–water partition coefficient (Wildman–Crippen LogP) is 1.55. The fraction of sp³-hybridized carbons (Fsp3) is 0.533. The van der Waals surface area contributed by atoms with Gasteiger partial charge in [-0.1, -0.05) is 13.8 Å². The Morgan fingerprint density at radius 3 is 2.40 bits per heavy atom. The predicted molar refractivity (Wildman–Crippen MR) is 81.9 cm³/mol. The van der Waals surface area contributed by atoms with Crippen molar-refractivity contribution in [2.24, 2.45) is 11.7 Å². The largest absolute Gasteiger partial charge is 0.492 e. The highest BCUT2D eigenvalue weighted by molar-refractivity contribution is 5.94. The maximum absolute atomic E-state index is 11.8. The molecule has 112 valence electrons. The van der Waals surface area contributed by atoms with E-state index < -0.39 is 6.04 Å². The molecular weight excluding hydrogens is 254 g/mol. The van der Waals surface area contributed by atoms with Crippen LogP contribution >= 0.6 is 0 Å². The van der Waals surface area contributed by atoms with Crippen LogP contribution in [0.25, 0.3) is 0 Å². The van der Waals surface area contributed by atoms with Crippen LogP contribution in [0.3, 0.4) is 0 Å². The number of likely N-dealkylation sites (N-methyl/N-ethyl adjacent to an activating group) is 1. The molecule has 0 aromatic heterocycles. The maximum atomic E-state index is 11.8. The smallest absolute Gasteiger partial charge is 0.241 e. The monoisotopic (exact) mass is 279 g/mol. The van der Waals surface area contributed by atoms with Crippen molar-refractivity contribution in [2.45, 2.75) is 19.9 Å². The van der Waals surface area contributed by atoms with Crippen molar-refractivity contribution in [1.29, 1.82) is 0 Å². The zero-order valence-corrected chi connectivity index (χ0v) is 12.7. The molecule has 5 heteroatoms. The Kier molecular flexibility index (Phi) is 6.48. The zero-order chi connectivity index (χ0) is 15.1. The molecule has 0 saturated carbocycles. The van der Waals surface area contributed by atoms with Crippen molar-refractivity contribution >= 4 is 11.6 Å². The summed E-state index contributed by atoms with van der Waals surface area (Å²) in [5.74, 6) is 0.739. The number of rotatable bonds is 7. The van der Waals surface area contributed by atoms with E-state index in [0.717, 1.165) is 18.0 Å². The summed E-state index contributed by atoms with van der Waals surface area (Å²) in [5, 5.41) is 2.80. The van der Waals surface area contributed by atoms with Crippen LogP contribution in [-0.2, 0) is 4.79 Å². The van der Waals surface area contributed by atoms with E-state index in [4.69, 9.17) is 10.5 Å². The summed E-state index contributed by atoms with van der Waals surface area (Å²) < 4.78 is 5.58. The van der Waals surface area contributed by atoms with Gasteiger partial charge in [-0.3, -0.25) is 4.79 Å². The highest BCUT2D eigenvalue weighted by Crippen LogP contribution is 2.16. The first kappa shape index (κ1) is 16.5. The van der Waals surface area contributed by atoms with Gasteiger partial charge in [0, 0.05) is 12.2 Å². The van der Waals surface area contributed by atoms with Gasteiger partial charge >= 0.3 is 0 Å². The van der Waals surface area contributed by atoms with Crippen LogP contribution < -0.4 is 15.8 Å². The molecule has 0 radical (unpaired) electrons. The van der Waals surface area contributed by atoms with Crippen molar-refractivity contribution in [1.82, 2.24) is 4.90 Å². The first-order chi connectivity index (χ1) is 9.40. The second kappa shape index (κ2) is 7.87. The number of carbonyl (C=O) groups is 1. The number of benzene rings is 1. The second-order valence-corrected chi connectivity index (χ2v) is 5.44. The highest BCUT2D eigenvalue weighted by atomic mass is 16.5. The summed E-state index contributed by atoms with van der Waals surface area (Å²) in [6, 6.07) is 6.82. The lowest BCUT2D eigenvalue weighted by atomic mass is 10.1. The van der Waals surface area contributed by atoms with Crippen molar-refractivity contribution < 1.29 is 9.53 Å². The fourth-order valence-corrected chi connectivity index (χ4v) is 1.51. The minimum Gasteiger partial charge on any atom is -0.492 e. The van der Waals surface area contributed by atoms with Crippen molar-refractivity contribution in [3.63, 3.8) is 0 Å². The lowest BCUT2D eigenvalue weighted by Gasteiger charge is -2.15. The Morgan fingerprint density at radius 1 is 1.30 bits per heavy atom. The lowest BCUT2D eigenvalue weighted by molar-refractivity contribution is -0.118. The third-order valence-corrected chi connectivity index (χ3v) is 2.95. The molecule has 1 rings (SSSR count). The van der Waals surface area contributed by atoms with E-state index in [1.807, 2.05) is 52.2 Å². The molecule has 1 amide bonds. The maximum Gasteiger partial charge on any atom is 0.241 e. The van der Waals surface area contributed by atoms with Crippen LogP contribution in [-0.4, -0.2) is 44.1 Å². The number of nitrogens with two attached hydrogens (primary N) is 1. The van der Waals surface area contributed by atoms with Gasteiger partial charge in [0.05, 0.1) is 6.04 Å². The second-order valence-electron chi connectivity index (χ2n) is 5.44. The average molecular weight is 279 g/mol. The van der Waals surface area contributed by atoms with Crippen molar-refractivity contribution in [3.05, 3.63) is 24.3 Å². The number of carbonyl (C=O) groups excluding carboxylic acids is 1. The number of nitrogens with zero attached hydrogens (tertiary/aromatic N) is 1. The Morgan fingerprint density at radius 2 is 1.90 bits per heavy atom. The average Bonchev–Trinajstić information content (AvgIpc) is 2.39. The molecule has 0 aliphatic carbocycles. The SMILES string of the molecule is CC(C)[C@@H](N)C(=O)Nc1ccc(OCCN(C)C)cc1. The van der Waals surface area contributed by atoms with Gasteiger partial charge in [-0.2, -0.15) is 0 Å². The molecule has 0 aliphatic heterocycles. The van der Waals surface area contributed by atoms with Gasteiger partial charge in [0.2, 0.25) is 5.91 Å². The summed E-state index contributed by atoms with van der Waals surface area (Å²) in [5.41, 5.74) is 6.52. The Hall–Kier alpha value is -1.59. The molecule has 1 aromatic rings. The van der Waals surface area contributed by atoms with Crippen molar-refractivity contribution in [3.8, 4) is 5.75 Å². The number of anilines is 1. The van der Waals surface area contributed by atoms with E-state index in [2.05, 4.69) is 10.2 Å².